The monoisotopic (exact) mass is 416 g/mol. The maximum atomic E-state index is 12.6. The maximum absolute atomic E-state index is 12.6. The number of nitrogens with one attached hydrogen (secondary N) is 1. The number of aromatic nitrogens is 4. The first-order valence-electron chi connectivity index (χ1n) is 9.35. The second-order valence-electron chi connectivity index (χ2n) is 6.57. The Balaban J connectivity index is 1.36. The van der Waals surface area contributed by atoms with Crippen LogP contribution < -0.4 is 4.74 Å². The topological polar surface area (TPSA) is 93.9 Å². The van der Waals surface area contributed by atoms with Gasteiger partial charge in [0.1, 0.15) is 11.0 Å². The summed E-state index contributed by atoms with van der Waals surface area (Å²) >= 11 is 1.49. The van der Waals surface area contributed by atoms with Gasteiger partial charge in [-0.1, -0.05) is 60.3 Å². The average Bonchev–Trinajstić information content (AvgIpc) is 3.41. The first kappa shape index (κ1) is 18.4. The summed E-state index contributed by atoms with van der Waals surface area (Å²) in [5, 5.41) is 8.68. The molecule has 148 valence electrons. The first-order valence-corrected chi connectivity index (χ1v) is 10.3. The van der Waals surface area contributed by atoms with E-state index >= 15 is 0 Å². The van der Waals surface area contributed by atoms with Crippen LogP contribution in [0.15, 0.2) is 76.4 Å². The lowest BCUT2D eigenvalue weighted by atomic mass is 10.2. The minimum Gasteiger partial charge on any atom is -0.449 e. The summed E-state index contributed by atoms with van der Waals surface area (Å²) in [5.74, 6) is 0.444. The van der Waals surface area contributed by atoms with E-state index in [0.29, 0.717) is 21.8 Å². The molecule has 30 heavy (non-hydrogen) atoms. The average molecular weight is 416 g/mol. The smallest absolute Gasteiger partial charge is 0.381 e. The van der Waals surface area contributed by atoms with Crippen molar-refractivity contribution in [2.45, 2.75) is 11.6 Å². The van der Waals surface area contributed by atoms with E-state index in [1.165, 1.54) is 23.5 Å². The molecule has 0 spiro atoms. The standard InChI is InChI=1S/C22H16N4O3S/c27-21(18-12-15-8-4-5-9-17(15)28-18)29-20-16-13-23-26-19(16)24-22(25-20)30-11-10-14-6-2-1-3-7-14/h1-9,12-13H,10-11H2,(H,23,24,25,26). The van der Waals surface area contributed by atoms with E-state index in [0.717, 1.165) is 17.6 Å². The van der Waals surface area contributed by atoms with Crippen LogP contribution in [-0.2, 0) is 6.42 Å². The van der Waals surface area contributed by atoms with Gasteiger partial charge >= 0.3 is 5.97 Å². The molecule has 0 unspecified atom stereocenters. The summed E-state index contributed by atoms with van der Waals surface area (Å²) in [6.45, 7) is 0. The quantitative estimate of drug-likeness (QED) is 0.244. The van der Waals surface area contributed by atoms with Crippen LogP contribution in [0.4, 0.5) is 0 Å². The second-order valence-corrected chi connectivity index (χ2v) is 7.63. The summed E-state index contributed by atoms with van der Waals surface area (Å²) in [6, 6.07) is 19.2. The number of ether oxygens (including phenoxy) is 1. The van der Waals surface area contributed by atoms with Gasteiger partial charge < -0.3 is 9.15 Å². The van der Waals surface area contributed by atoms with Crippen molar-refractivity contribution in [2.24, 2.45) is 0 Å². The molecule has 8 heteroatoms. The number of H-pyrrole nitrogens is 1. The molecule has 7 nitrogen and oxygen atoms in total. The Morgan fingerprint density at radius 1 is 1.07 bits per heavy atom. The highest BCUT2D eigenvalue weighted by atomic mass is 32.2. The van der Waals surface area contributed by atoms with Gasteiger partial charge in [0, 0.05) is 11.1 Å². The van der Waals surface area contributed by atoms with E-state index in [1.807, 2.05) is 36.4 Å². The largest absolute Gasteiger partial charge is 0.449 e. The van der Waals surface area contributed by atoms with Gasteiger partial charge in [0.15, 0.2) is 10.8 Å². The Labute approximate surface area is 175 Å². The Bertz CT molecular complexity index is 1300. The second kappa shape index (κ2) is 8.00. The van der Waals surface area contributed by atoms with Crippen molar-refractivity contribution in [1.82, 2.24) is 20.2 Å². The fourth-order valence-corrected chi connectivity index (χ4v) is 3.88. The minimum absolute atomic E-state index is 0.115. The Hall–Kier alpha value is -3.65. The summed E-state index contributed by atoms with van der Waals surface area (Å²) in [7, 11) is 0. The molecule has 3 heterocycles. The van der Waals surface area contributed by atoms with Crippen LogP contribution >= 0.6 is 11.8 Å². The van der Waals surface area contributed by atoms with Crippen LogP contribution in [0.5, 0.6) is 5.88 Å². The number of nitrogens with zero attached hydrogens (tertiary/aromatic N) is 3. The third kappa shape index (κ3) is 3.77. The molecule has 5 rings (SSSR count). The highest BCUT2D eigenvalue weighted by Crippen LogP contribution is 2.27. The van der Waals surface area contributed by atoms with E-state index in [1.54, 1.807) is 12.1 Å². The lowest BCUT2D eigenvalue weighted by molar-refractivity contribution is 0.0698. The number of furan rings is 1. The van der Waals surface area contributed by atoms with Gasteiger partial charge in [0.05, 0.1) is 6.20 Å². The highest BCUT2D eigenvalue weighted by molar-refractivity contribution is 7.99. The van der Waals surface area contributed by atoms with Crippen molar-refractivity contribution in [3.05, 3.63) is 78.2 Å². The van der Waals surface area contributed by atoms with E-state index < -0.39 is 5.97 Å². The van der Waals surface area contributed by atoms with Crippen LogP contribution in [0.3, 0.4) is 0 Å². The molecule has 0 fully saturated rings. The maximum Gasteiger partial charge on any atom is 0.381 e. The Kier molecular flexibility index (Phi) is 4.90. The molecule has 1 N–H and O–H groups in total. The number of hydrogen-bond acceptors (Lipinski definition) is 7. The molecule has 0 radical (unpaired) electrons. The highest BCUT2D eigenvalue weighted by Gasteiger charge is 2.19. The lowest BCUT2D eigenvalue weighted by Gasteiger charge is -2.05. The van der Waals surface area contributed by atoms with Crippen LogP contribution in [0.1, 0.15) is 16.1 Å². The fraction of sp³-hybridized carbons (Fsp3) is 0.0909. The predicted octanol–water partition coefficient (Wildman–Crippen LogP) is 4.65. The molecule has 0 aliphatic rings. The third-order valence-electron chi connectivity index (χ3n) is 4.54. The molecular weight excluding hydrogens is 400 g/mol. The molecule has 0 amide bonds. The van der Waals surface area contributed by atoms with Gasteiger partial charge in [0.2, 0.25) is 11.6 Å². The molecule has 0 aliphatic carbocycles. The van der Waals surface area contributed by atoms with Crippen LogP contribution in [-0.4, -0.2) is 31.9 Å². The van der Waals surface area contributed by atoms with E-state index in [2.05, 4.69) is 32.3 Å². The summed E-state index contributed by atoms with van der Waals surface area (Å²) in [5.41, 5.74) is 2.38. The van der Waals surface area contributed by atoms with E-state index in [9.17, 15) is 4.79 Å². The molecule has 0 bridgehead atoms. The van der Waals surface area contributed by atoms with Gasteiger partial charge in [-0.2, -0.15) is 10.1 Å². The normalized spacial score (nSPS) is 11.2. The summed E-state index contributed by atoms with van der Waals surface area (Å²) in [6.07, 6.45) is 2.42. The number of para-hydroxylation sites is 1. The van der Waals surface area contributed by atoms with Crippen LogP contribution in [0.2, 0.25) is 0 Å². The van der Waals surface area contributed by atoms with Crippen molar-refractivity contribution < 1.29 is 13.9 Å². The molecule has 2 aromatic carbocycles. The molecule has 0 aliphatic heterocycles. The number of aromatic amines is 1. The number of esters is 1. The first-order chi connectivity index (χ1) is 14.8. The number of hydrogen-bond donors (Lipinski definition) is 1. The zero-order valence-electron chi connectivity index (χ0n) is 15.7. The van der Waals surface area contributed by atoms with Gasteiger partial charge in [-0.25, -0.2) is 9.78 Å². The Morgan fingerprint density at radius 3 is 2.77 bits per heavy atom. The fourth-order valence-electron chi connectivity index (χ4n) is 3.06. The molecule has 0 saturated heterocycles. The molecule has 5 aromatic rings. The van der Waals surface area contributed by atoms with Crippen molar-refractivity contribution in [3.8, 4) is 5.88 Å². The lowest BCUT2D eigenvalue weighted by Crippen LogP contribution is -2.09. The van der Waals surface area contributed by atoms with Crippen molar-refractivity contribution in [2.75, 3.05) is 5.75 Å². The van der Waals surface area contributed by atoms with Crippen LogP contribution in [0, 0.1) is 0 Å². The van der Waals surface area contributed by atoms with Crippen molar-refractivity contribution in [3.63, 3.8) is 0 Å². The molecule has 3 aromatic heterocycles. The number of carbonyl (C=O) groups is 1. The van der Waals surface area contributed by atoms with Gasteiger partial charge in [-0.15, -0.1) is 0 Å². The van der Waals surface area contributed by atoms with Crippen molar-refractivity contribution in [1.29, 1.82) is 0 Å². The molecule has 0 atom stereocenters. The Morgan fingerprint density at radius 2 is 1.90 bits per heavy atom. The molecular formula is C22H16N4O3S. The molecule has 0 saturated carbocycles. The number of carbonyl (C=O) groups excluding carboxylic acids is 1. The summed E-state index contributed by atoms with van der Waals surface area (Å²) in [4.78, 5) is 21.5. The van der Waals surface area contributed by atoms with E-state index in [-0.39, 0.29) is 11.6 Å². The summed E-state index contributed by atoms with van der Waals surface area (Å²) < 4.78 is 11.1. The number of benzene rings is 2. The van der Waals surface area contributed by atoms with Gasteiger partial charge in [-0.05, 0) is 24.1 Å². The third-order valence-corrected chi connectivity index (χ3v) is 5.38. The number of fused-ring (bicyclic) bond motifs is 2. The number of thioether (sulfide) groups is 1. The van der Waals surface area contributed by atoms with E-state index in [4.69, 9.17) is 9.15 Å². The zero-order chi connectivity index (χ0) is 20.3. The number of aryl methyl sites for hydroxylation is 1. The number of rotatable bonds is 6. The van der Waals surface area contributed by atoms with Crippen LogP contribution in [0.25, 0.3) is 22.0 Å². The van der Waals surface area contributed by atoms with Gasteiger partial charge in [0.25, 0.3) is 0 Å². The zero-order valence-corrected chi connectivity index (χ0v) is 16.6. The predicted molar refractivity (Wildman–Crippen MR) is 114 cm³/mol. The SMILES string of the molecule is O=C(Oc1nc(SCCc2ccccc2)nc2[nH]ncc12)c1cc2ccccc2o1. The van der Waals surface area contributed by atoms with Gasteiger partial charge in [-0.3, -0.25) is 5.10 Å². The minimum atomic E-state index is -0.618. The van der Waals surface area contributed by atoms with Crippen molar-refractivity contribution >= 4 is 39.7 Å².